The minimum atomic E-state index is -0.240. The Balaban J connectivity index is 4.11. The highest BCUT2D eigenvalue weighted by molar-refractivity contribution is 7.80. The minimum absolute atomic E-state index is 0.0793. The molecule has 0 aliphatic carbocycles. The van der Waals surface area contributed by atoms with E-state index in [4.69, 9.17) is 21.7 Å². The smallest absolute Gasteiger partial charge is 0.309 e. The van der Waals surface area contributed by atoms with Gasteiger partial charge >= 0.3 is 5.97 Å². The van der Waals surface area contributed by atoms with Crippen LogP contribution in [0.2, 0.25) is 0 Å². The minimum Gasteiger partial charge on any atom is -0.487 e. The van der Waals surface area contributed by atoms with Gasteiger partial charge in [0.1, 0.15) is 0 Å². The monoisotopic (exact) mass is 232 g/mol. The second-order valence-corrected chi connectivity index (χ2v) is 3.90. The number of ether oxygens (including phenoxy) is 2. The quantitative estimate of drug-likeness (QED) is 0.521. The molecule has 2 unspecified atom stereocenters. The van der Waals surface area contributed by atoms with Crippen molar-refractivity contribution in [1.29, 1.82) is 0 Å². The molecule has 0 amide bonds. The van der Waals surface area contributed by atoms with Crippen molar-refractivity contribution in [3.8, 4) is 0 Å². The van der Waals surface area contributed by atoms with Gasteiger partial charge in [0, 0.05) is 5.92 Å². The van der Waals surface area contributed by atoms with E-state index >= 15 is 0 Å². The molecule has 4 heteroatoms. The molecule has 88 valence electrons. The Morgan fingerprint density at radius 3 is 2.27 bits per heavy atom. The van der Waals surface area contributed by atoms with Crippen LogP contribution >= 0.6 is 12.2 Å². The van der Waals surface area contributed by atoms with Crippen molar-refractivity contribution >= 4 is 23.2 Å². The maximum atomic E-state index is 11.5. The summed E-state index contributed by atoms with van der Waals surface area (Å²) < 4.78 is 10.3. The van der Waals surface area contributed by atoms with Gasteiger partial charge < -0.3 is 9.47 Å². The lowest BCUT2D eigenvalue weighted by Crippen LogP contribution is -2.27. The van der Waals surface area contributed by atoms with E-state index < -0.39 is 0 Å². The van der Waals surface area contributed by atoms with Crippen molar-refractivity contribution in [1.82, 2.24) is 0 Å². The Morgan fingerprint density at radius 2 is 1.80 bits per heavy atom. The van der Waals surface area contributed by atoms with Gasteiger partial charge in [-0.15, -0.1) is 0 Å². The van der Waals surface area contributed by atoms with Crippen LogP contribution in [0.4, 0.5) is 0 Å². The van der Waals surface area contributed by atoms with Crippen LogP contribution in [0.1, 0.15) is 34.1 Å². The van der Waals surface area contributed by atoms with Gasteiger partial charge in [0.15, 0.2) is 5.05 Å². The number of rotatable bonds is 6. The van der Waals surface area contributed by atoms with Crippen LogP contribution < -0.4 is 0 Å². The zero-order chi connectivity index (χ0) is 11.8. The molecule has 0 bridgehead atoms. The van der Waals surface area contributed by atoms with E-state index in [2.05, 4.69) is 0 Å². The highest BCUT2D eigenvalue weighted by Crippen LogP contribution is 2.15. The molecule has 2 atom stereocenters. The molecule has 3 nitrogen and oxygen atoms in total. The summed E-state index contributed by atoms with van der Waals surface area (Å²) in [5.74, 6) is -0.522. The number of hydrogen-bond donors (Lipinski definition) is 0. The molecule has 0 saturated carbocycles. The second kappa shape index (κ2) is 7.63. The standard InChI is InChI=1S/C11H20O3S/c1-5-7-14-10(12)8(3)9(4)11(15)13-6-2/h8-9H,5-7H2,1-4H3. The van der Waals surface area contributed by atoms with E-state index in [1.165, 1.54) is 0 Å². The Hall–Kier alpha value is -0.640. The van der Waals surface area contributed by atoms with E-state index in [9.17, 15) is 4.79 Å². The van der Waals surface area contributed by atoms with Gasteiger partial charge in [-0.1, -0.05) is 20.8 Å². The van der Waals surface area contributed by atoms with Gasteiger partial charge in [-0.25, -0.2) is 0 Å². The molecule has 0 aliphatic rings. The zero-order valence-corrected chi connectivity index (χ0v) is 10.7. The lowest BCUT2D eigenvalue weighted by Gasteiger charge is -2.19. The molecular weight excluding hydrogens is 212 g/mol. The lowest BCUT2D eigenvalue weighted by atomic mass is 9.97. The van der Waals surface area contributed by atoms with Crippen molar-refractivity contribution in [2.75, 3.05) is 13.2 Å². The number of hydrogen-bond acceptors (Lipinski definition) is 4. The summed E-state index contributed by atoms with van der Waals surface area (Å²) in [5, 5.41) is 0.485. The summed E-state index contributed by atoms with van der Waals surface area (Å²) >= 11 is 5.05. The van der Waals surface area contributed by atoms with Crippen LogP contribution in [0.5, 0.6) is 0 Å². The molecule has 0 aromatic carbocycles. The number of carbonyl (C=O) groups is 1. The fourth-order valence-corrected chi connectivity index (χ4v) is 1.34. The normalized spacial score (nSPS) is 14.1. The average Bonchev–Trinajstić information content (AvgIpc) is 2.24. The van der Waals surface area contributed by atoms with Crippen molar-refractivity contribution in [3.63, 3.8) is 0 Å². The molecule has 15 heavy (non-hydrogen) atoms. The van der Waals surface area contributed by atoms with Gasteiger partial charge in [-0.05, 0) is 25.6 Å². The molecule has 0 radical (unpaired) electrons. The van der Waals surface area contributed by atoms with Crippen LogP contribution in [0.3, 0.4) is 0 Å². The van der Waals surface area contributed by atoms with Gasteiger partial charge in [-0.3, -0.25) is 4.79 Å². The fourth-order valence-electron chi connectivity index (χ4n) is 1.02. The first-order valence-electron chi connectivity index (χ1n) is 5.37. The number of esters is 1. The van der Waals surface area contributed by atoms with Crippen molar-refractivity contribution in [2.45, 2.75) is 34.1 Å². The summed E-state index contributed by atoms with van der Waals surface area (Å²) in [7, 11) is 0. The van der Waals surface area contributed by atoms with Gasteiger partial charge in [0.25, 0.3) is 0 Å². The Morgan fingerprint density at radius 1 is 1.20 bits per heavy atom. The van der Waals surface area contributed by atoms with E-state index in [-0.39, 0.29) is 17.8 Å². The Bertz CT molecular complexity index is 216. The summed E-state index contributed by atoms with van der Waals surface area (Å²) in [6.07, 6.45) is 0.836. The Labute approximate surface area is 97.1 Å². The van der Waals surface area contributed by atoms with Crippen LogP contribution in [-0.4, -0.2) is 24.2 Å². The van der Waals surface area contributed by atoms with Crippen LogP contribution in [0.25, 0.3) is 0 Å². The summed E-state index contributed by atoms with van der Waals surface area (Å²) in [4.78, 5) is 11.5. The third-order valence-corrected chi connectivity index (χ3v) is 2.72. The van der Waals surface area contributed by atoms with E-state index in [1.807, 2.05) is 27.7 Å². The number of thiocarbonyl (C=S) groups is 1. The molecule has 0 spiro atoms. The molecule has 0 fully saturated rings. The van der Waals surface area contributed by atoms with E-state index in [0.29, 0.717) is 18.3 Å². The van der Waals surface area contributed by atoms with E-state index in [1.54, 1.807) is 0 Å². The predicted molar refractivity (Wildman–Crippen MR) is 63.8 cm³/mol. The highest BCUT2D eigenvalue weighted by atomic mass is 32.1. The molecular formula is C11H20O3S. The predicted octanol–water partition coefficient (Wildman–Crippen LogP) is 2.58. The topological polar surface area (TPSA) is 35.5 Å². The average molecular weight is 232 g/mol. The van der Waals surface area contributed by atoms with Crippen molar-refractivity contribution in [3.05, 3.63) is 0 Å². The third-order valence-electron chi connectivity index (χ3n) is 2.23. The summed E-state index contributed by atoms with van der Waals surface area (Å²) in [6.45, 7) is 8.55. The largest absolute Gasteiger partial charge is 0.487 e. The fraction of sp³-hybridized carbons (Fsp3) is 0.818. The molecule has 0 aromatic heterocycles. The van der Waals surface area contributed by atoms with Gasteiger partial charge in [0.05, 0.1) is 19.1 Å². The summed E-state index contributed by atoms with van der Waals surface area (Å²) in [6, 6.07) is 0. The molecule has 0 rings (SSSR count). The molecule has 0 aromatic rings. The molecule has 0 N–H and O–H groups in total. The van der Waals surface area contributed by atoms with Gasteiger partial charge in [-0.2, -0.15) is 0 Å². The molecule has 0 heterocycles. The first-order valence-corrected chi connectivity index (χ1v) is 5.78. The first-order chi connectivity index (χ1) is 7.04. The van der Waals surface area contributed by atoms with Crippen molar-refractivity contribution < 1.29 is 14.3 Å². The lowest BCUT2D eigenvalue weighted by molar-refractivity contribution is -0.148. The number of carbonyl (C=O) groups excluding carboxylic acids is 1. The van der Waals surface area contributed by atoms with Gasteiger partial charge in [0.2, 0.25) is 0 Å². The Kier molecular flexibility index (Phi) is 7.30. The van der Waals surface area contributed by atoms with Crippen LogP contribution in [0, 0.1) is 11.8 Å². The second-order valence-electron chi connectivity index (χ2n) is 3.50. The molecule has 0 aliphatic heterocycles. The summed E-state index contributed by atoms with van der Waals surface area (Å²) in [5.41, 5.74) is 0. The third kappa shape index (κ3) is 5.11. The maximum absolute atomic E-state index is 11.5. The zero-order valence-electron chi connectivity index (χ0n) is 9.91. The maximum Gasteiger partial charge on any atom is 0.309 e. The molecule has 0 saturated heterocycles. The van der Waals surface area contributed by atoms with Crippen LogP contribution in [-0.2, 0) is 14.3 Å². The van der Waals surface area contributed by atoms with E-state index in [0.717, 1.165) is 6.42 Å². The van der Waals surface area contributed by atoms with Crippen LogP contribution in [0.15, 0.2) is 0 Å². The van der Waals surface area contributed by atoms with Crippen molar-refractivity contribution in [2.24, 2.45) is 11.8 Å². The SMILES string of the molecule is CCCOC(=O)C(C)C(C)C(=S)OCC. The highest BCUT2D eigenvalue weighted by Gasteiger charge is 2.25. The first kappa shape index (κ1) is 14.4.